The Hall–Kier alpha value is -2.10. The molecule has 0 radical (unpaired) electrons. The average Bonchev–Trinajstić information content (AvgIpc) is 2.45. The third-order valence-corrected chi connectivity index (χ3v) is 3.91. The van der Waals surface area contributed by atoms with Gasteiger partial charge in [-0.2, -0.15) is 0 Å². The molecule has 4 nitrogen and oxygen atoms in total. The Bertz CT molecular complexity index is 700. The fraction of sp³-hybridized carbons (Fsp3) is 0.412. The van der Waals surface area contributed by atoms with Gasteiger partial charge in [0.05, 0.1) is 10.9 Å². The summed E-state index contributed by atoms with van der Waals surface area (Å²) >= 11 is 0. The van der Waals surface area contributed by atoms with E-state index in [1.807, 2.05) is 30.3 Å². The van der Waals surface area contributed by atoms with E-state index in [0.29, 0.717) is 13.0 Å². The summed E-state index contributed by atoms with van der Waals surface area (Å²) in [7, 11) is 0. The minimum absolute atomic E-state index is 0.00815. The monoisotopic (exact) mass is 287 g/mol. The van der Waals surface area contributed by atoms with Crippen molar-refractivity contribution in [3.63, 3.8) is 0 Å². The van der Waals surface area contributed by atoms with Crippen LogP contribution in [0.3, 0.4) is 0 Å². The molecule has 1 heterocycles. The summed E-state index contributed by atoms with van der Waals surface area (Å²) in [4.78, 5) is 23.1. The summed E-state index contributed by atoms with van der Waals surface area (Å²) in [6.45, 7) is 4.09. The van der Waals surface area contributed by atoms with Crippen molar-refractivity contribution < 1.29 is 9.90 Å². The molecule has 0 fully saturated rings. The Kier molecular flexibility index (Phi) is 4.46. The minimum Gasteiger partial charge on any atom is -0.481 e. The number of carboxylic acids is 1. The molecule has 112 valence electrons. The highest BCUT2D eigenvalue weighted by molar-refractivity contribution is 5.78. The lowest BCUT2D eigenvalue weighted by Gasteiger charge is -2.18. The maximum Gasteiger partial charge on any atom is 0.309 e. The van der Waals surface area contributed by atoms with Crippen molar-refractivity contribution in [1.29, 1.82) is 0 Å². The van der Waals surface area contributed by atoms with Crippen molar-refractivity contribution >= 4 is 16.9 Å². The SMILES string of the molecule is CC(C)(CCCCn1c(=O)ccc2ccccc21)C(=O)O. The van der Waals surface area contributed by atoms with E-state index in [-0.39, 0.29) is 5.56 Å². The molecule has 2 aromatic rings. The van der Waals surface area contributed by atoms with Crippen LogP contribution in [-0.4, -0.2) is 15.6 Å². The summed E-state index contributed by atoms with van der Waals surface area (Å²) in [5, 5.41) is 10.1. The third-order valence-electron chi connectivity index (χ3n) is 3.91. The first kappa shape index (κ1) is 15.3. The van der Waals surface area contributed by atoms with Gasteiger partial charge in [0.25, 0.3) is 5.56 Å². The van der Waals surface area contributed by atoms with Crippen LogP contribution in [0.1, 0.15) is 33.1 Å². The van der Waals surface area contributed by atoms with Gasteiger partial charge in [-0.25, -0.2) is 0 Å². The zero-order valence-electron chi connectivity index (χ0n) is 12.5. The highest BCUT2D eigenvalue weighted by Gasteiger charge is 2.25. The summed E-state index contributed by atoms with van der Waals surface area (Å²) < 4.78 is 1.77. The minimum atomic E-state index is -0.773. The van der Waals surface area contributed by atoms with Gasteiger partial charge in [-0.05, 0) is 44.2 Å². The number of rotatable bonds is 6. The first-order valence-electron chi connectivity index (χ1n) is 7.24. The molecule has 21 heavy (non-hydrogen) atoms. The normalized spacial score (nSPS) is 11.7. The molecule has 1 N–H and O–H groups in total. The van der Waals surface area contributed by atoms with E-state index in [0.717, 1.165) is 23.7 Å². The van der Waals surface area contributed by atoms with Gasteiger partial charge < -0.3 is 9.67 Å². The number of aryl methyl sites for hydroxylation is 1. The maximum absolute atomic E-state index is 12.0. The van der Waals surface area contributed by atoms with Gasteiger partial charge in [0.2, 0.25) is 0 Å². The second kappa shape index (κ2) is 6.12. The first-order valence-corrected chi connectivity index (χ1v) is 7.24. The molecule has 0 spiro atoms. The Balaban J connectivity index is 2.06. The van der Waals surface area contributed by atoms with Crippen molar-refractivity contribution in [3.8, 4) is 0 Å². The van der Waals surface area contributed by atoms with Crippen molar-refractivity contribution in [2.24, 2.45) is 5.41 Å². The van der Waals surface area contributed by atoms with E-state index in [1.54, 1.807) is 24.5 Å². The van der Waals surface area contributed by atoms with E-state index in [1.165, 1.54) is 0 Å². The van der Waals surface area contributed by atoms with Gasteiger partial charge in [0.15, 0.2) is 0 Å². The highest BCUT2D eigenvalue weighted by Crippen LogP contribution is 2.23. The van der Waals surface area contributed by atoms with Crippen LogP contribution >= 0.6 is 0 Å². The molecule has 4 heteroatoms. The molecule has 1 aromatic heterocycles. The first-order chi connectivity index (χ1) is 9.92. The number of carboxylic acid groups (broad SMARTS) is 1. The number of pyridine rings is 1. The number of hydrogen-bond donors (Lipinski definition) is 1. The molecule has 2 rings (SSSR count). The molecule has 0 bridgehead atoms. The molecule has 0 aliphatic heterocycles. The Morgan fingerprint density at radius 1 is 1.14 bits per heavy atom. The van der Waals surface area contributed by atoms with Gasteiger partial charge in [0, 0.05) is 12.6 Å². The average molecular weight is 287 g/mol. The summed E-state index contributed by atoms with van der Waals surface area (Å²) in [5.41, 5.74) is 0.220. The van der Waals surface area contributed by atoms with E-state index >= 15 is 0 Å². The molecule has 0 saturated carbocycles. The molecule has 0 unspecified atom stereocenters. The van der Waals surface area contributed by atoms with E-state index in [9.17, 15) is 9.59 Å². The lowest BCUT2D eigenvalue weighted by atomic mass is 9.87. The fourth-order valence-electron chi connectivity index (χ4n) is 2.42. The second-order valence-corrected chi connectivity index (χ2v) is 6.03. The van der Waals surface area contributed by atoms with Gasteiger partial charge >= 0.3 is 5.97 Å². The predicted molar refractivity (Wildman–Crippen MR) is 83.5 cm³/mol. The molecule has 0 aliphatic rings. The Morgan fingerprint density at radius 2 is 1.86 bits per heavy atom. The lowest BCUT2D eigenvalue weighted by Crippen LogP contribution is -2.24. The number of fused-ring (bicyclic) bond motifs is 1. The Labute approximate surface area is 124 Å². The number of para-hydroxylation sites is 1. The molecule has 1 aromatic carbocycles. The summed E-state index contributed by atoms with van der Waals surface area (Å²) in [6, 6.07) is 11.2. The lowest BCUT2D eigenvalue weighted by molar-refractivity contribution is -0.147. The predicted octanol–water partition coefficient (Wildman–Crippen LogP) is 3.28. The van der Waals surface area contributed by atoms with E-state index in [2.05, 4.69) is 0 Å². The van der Waals surface area contributed by atoms with Crippen molar-refractivity contribution in [2.75, 3.05) is 0 Å². The van der Waals surface area contributed by atoms with Gasteiger partial charge in [-0.3, -0.25) is 9.59 Å². The summed E-state index contributed by atoms with van der Waals surface area (Å²) in [6.07, 6.45) is 2.20. The molecular formula is C17H21NO3. The van der Waals surface area contributed by atoms with Crippen molar-refractivity contribution in [1.82, 2.24) is 4.57 Å². The molecule has 0 atom stereocenters. The van der Waals surface area contributed by atoms with E-state index in [4.69, 9.17) is 5.11 Å². The third kappa shape index (κ3) is 3.51. The highest BCUT2D eigenvalue weighted by atomic mass is 16.4. The maximum atomic E-state index is 12.0. The van der Waals surface area contributed by atoms with Crippen LogP contribution in [0.2, 0.25) is 0 Å². The van der Waals surface area contributed by atoms with Gasteiger partial charge in [-0.1, -0.05) is 24.6 Å². The fourth-order valence-corrected chi connectivity index (χ4v) is 2.42. The molecular weight excluding hydrogens is 266 g/mol. The standard InChI is InChI=1S/C17H21NO3/c1-17(2,16(20)21)11-5-6-12-18-14-8-4-3-7-13(14)9-10-15(18)19/h3-4,7-10H,5-6,11-12H2,1-2H3,(H,20,21). The van der Waals surface area contributed by atoms with Crippen molar-refractivity contribution in [2.45, 2.75) is 39.7 Å². The number of unbranched alkanes of at least 4 members (excludes halogenated alkanes) is 1. The van der Waals surface area contributed by atoms with Crippen LogP contribution in [0.15, 0.2) is 41.2 Å². The number of nitrogens with zero attached hydrogens (tertiary/aromatic N) is 1. The van der Waals surface area contributed by atoms with Crippen molar-refractivity contribution in [3.05, 3.63) is 46.8 Å². The Morgan fingerprint density at radius 3 is 2.57 bits per heavy atom. The second-order valence-electron chi connectivity index (χ2n) is 6.03. The zero-order chi connectivity index (χ0) is 15.5. The van der Waals surface area contributed by atoms with Crippen LogP contribution in [0.25, 0.3) is 10.9 Å². The van der Waals surface area contributed by atoms with Gasteiger partial charge in [-0.15, -0.1) is 0 Å². The van der Waals surface area contributed by atoms with Crippen LogP contribution in [-0.2, 0) is 11.3 Å². The smallest absolute Gasteiger partial charge is 0.309 e. The zero-order valence-corrected chi connectivity index (χ0v) is 12.5. The molecule has 0 amide bonds. The number of aromatic nitrogens is 1. The number of hydrogen-bond acceptors (Lipinski definition) is 2. The van der Waals surface area contributed by atoms with Crippen LogP contribution in [0, 0.1) is 5.41 Å². The number of carbonyl (C=O) groups is 1. The quantitative estimate of drug-likeness (QED) is 0.829. The van der Waals surface area contributed by atoms with E-state index < -0.39 is 11.4 Å². The van der Waals surface area contributed by atoms with Crippen LogP contribution < -0.4 is 5.56 Å². The summed E-state index contributed by atoms with van der Waals surface area (Å²) in [5.74, 6) is -0.773. The number of benzene rings is 1. The topological polar surface area (TPSA) is 59.3 Å². The van der Waals surface area contributed by atoms with Gasteiger partial charge in [0.1, 0.15) is 0 Å². The largest absolute Gasteiger partial charge is 0.481 e. The number of aliphatic carboxylic acids is 1. The molecule has 0 saturated heterocycles. The molecule has 0 aliphatic carbocycles. The van der Waals surface area contributed by atoms with Crippen LogP contribution in [0.5, 0.6) is 0 Å². The van der Waals surface area contributed by atoms with Crippen LogP contribution in [0.4, 0.5) is 0 Å².